The number of thiazole rings is 1. The first-order valence-electron chi connectivity index (χ1n) is 12.1. The van der Waals surface area contributed by atoms with Gasteiger partial charge in [0, 0.05) is 23.5 Å². The van der Waals surface area contributed by atoms with Crippen LogP contribution in [0.3, 0.4) is 0 Å². The molecule has 4 heterocycles. The molecule has 17 heteroatoms. The number of alkyl halides is 6. The van der Waals surface area contributed by atoms with Gasteiger partial charge >= 0.3 is 12.4 Å². The van der Waals surface area contributed by atoms with Crippen molar-refractivity contribution in [3.8, 4) is 6.07 Å². The van der Waals surface area contributed by atoms with Gasteiger partial charge in [-0.25, -0.2) is 15.0 Å². The standard InChI is InChI=1S/C25H19F6N9OS/c1-12(36-13(2)22-39-35-11-41-22)19-20(25(29,30)31)37-23(42-19)38-21-16-5-6-40(9-18(16)33-10-34-21)15-4-3-14(8-32)17(7-15)24(26,27)28/h3-4,7,10-11,13,36H,1,5-6,9H2,2H3,(H,33,34,37,38)/t13-/m1/s1. The summed E-state index contributed by atoms with van der Waals surface area (Å²) in [7, 11) is 0. The molecule has 218 valence electrons. The average molecular weight is 608 g/mol. The van der Waals surface area contributed by atoms with Crippen LogP contribution in [0.2, 0.25) is 0 Å². The second kappa shape index (κ2) is 10.9. The Hall–Kier alpha value is -4.72. The number of hydrogen-bond acceptors (Lipinski definition) is 11. The highest BCUT2D eigenvalue weighted by Gasteiger charge is 2.39. The predicted molar refractivity (Wildman–Crippen MR) is 138 cm³/mol. The van der Waals surface area contributed by atoms with E-state index in [2.05, 4.69) is 42.4 Å². The van der Waals surface area contributed by atoms with Gasteiger partial charge in [-0.05, 0) is 31.5 Å². The smallest absolute Gasteiger partial charge is 0.426 e. The van der Waals surface area contributed by atoms with Crippen molar-refractivity contribution in [3.05, 3.63) is 76.3 Å². The number of benzene rings is 1. The van der Waals surface area contributed by atoms with Crippen LogP contribution < -0.4 is 15.5 Å². The zero-order valence-corrected chi connectivity index (χ0v) is 22.3. The molecule has 0 radical (unpaired) electrons. The van der Waals surface area contributed by atoms with E-state index in [1.807, 2.05) is 0 Å². The summed E-state index contributed by atoms with van der Waals surface area (Å²) < 4.78 is 87.1. The molecule has 0 amide bonds. The number of nitrogens with one attached hydrogen (secondary N) is 2. The summed E-state index contributed by atoms with van der Waals surface area (Å²) in [5, 5.41) is 21.9. The maximum Gasteiger partial charge on any atom is 0.434 e. The van der Waals surface area contributed by atoms with E-state index in [0.29, 0.717) is 22.6 Å². The maximum absolute atomic E-state index is 13.9. The van der Waals surface area contributed by atoms with Crippen molar-refractivity contribution in [1.29, 1.82) is 5.26 Å². The van der Waals surface area contributed by atoms with Gasteiger partial charge in [0.1, 0.15) is 18.2 Å². The zero-order chi connectivity index (χ0) is 30.2. The molecule has 0 fully saturated rings. The van der Waals surface area contributed by atoms with E-state index in [-0.39, 0.29) is 52.6 Å². The van der Waals surface area contributed by atoms with Crippen molar-refractivity contribution in [2.24, 2.45) is 0 Å². The number of aromatic nitrogens is 5. The number of hydrogen-bond donors (Lipinski definition) is 2. The van der Waals surface area contributed by atoms with E-state index in [1.165, 1.54) is 12.4 Å². The second-order valence-corrected chi connectivity index (χ2v) is 10.1. The van der Waals surface area contributed by atoms with Crippen LogP contribution in [-0.4, -0.2) is 31.7 Å². The number of nitrogens with zero attached hydrogens (tertiary/aromatic N) is 7. The lowest BCUT2D eigenvalue weighted by atomic mass is 10.0. The van der Waals surface area contributed by atoms with E-state index in [4.69, 9.17) is 9.68 Å². The first-order valence-corrected chi connectivity index (χ1v) is 12.9. The summed E-state index contributed by atoms with van der Waals surface area (Å²) in [5.41, 5.74) is -1.42. The van der Waals surface area contributed by atoms with Crippen LogP contribution in [0.15, 0.2) is 41.9 Å². The van der Waals surface area contributed by atoms with Crippen LogP contribution in [0.4, 0.5) is 43.0 Å². The number of nitriles is 1. The Bertz CT molecular complexity index is 1660. The largest absolute Gasteiger partial charge is 0.434 e. The van der Waals surface area contributed by atoms with E-state index in [1.54, 1.807) is 17.9 Å². The van der Waals surface area contributed by atoms with Crippen LogP contribution in [0, 0.1) is 11.3 Å². The molecule has 0 spiro atoms. The molecule has 0 saturated heterocycles. The van der Waals surface area contributed by atoms with Crippen LogP contribution in [0.5, 0.6) is 0 Å². The van der Waals surface area contributed by atoms with Crippen molar-refractivity contribution >= 4 is 33.7 Å². The summed E-state index contributed by atoms with van der Waals surface area (Å²) in [6, 6.07) is 4.39. The van der Waals surface area contributed by atoms with E-state index in [9.17, 15) is 26.3 Å². The molecular weight excluding hydrogens is 588 g/mol. The number of fused-ring (bicyclic) bond motifs is 1. The Morgan fingerprint density at radius 1 is 1.19 bits per heavy atom. The minimum absolute atomic E-state index is 0.0559. The monoisotopic (exact) mass is 607 g/mol. The molecule has 0 aliphatic carbocycles. The number of halogens is 6. The lowest BCUT2D eigenvalue weighted by Crippen LogP contribution is -2.32. The highest BCUT2D eigenvalue weighted by atomic mass is 32.1. The van der Waals surface area contributed by atoms with Gasteiger partial charge in [0.15, 0.2) is 10.8 Å². The molecule has 1 aromatic carbocycles. The Kier molecular flexibility index (Phi) is 7.49. The molecule has 1 aliphatic rings. The fraction of sp³-hybridized carbons (Fsp3) is 0.280. The van der Waals surface area contributed by atoms with Gasteiger partial charge in [-0.1, -0.05) is 17.9 Å². The minimum Gasteiger partial charge on any atom is -0.426 e. The molecule has 42 heavy (non-hydrogen) atoms. The number of rotatable bonds is 7. The summed E-state index contributed by atoms with van der Waals surface area (Å²) >= 11 is 0.709. The third-order valence-corrected chi connectivity index (χ3v) is 7.36. The lowest BCUT2D eigenvalue weighted by molar-refractivity contribution is -0.141. The second-order valence-electron chi connectivity index (χ2n) is 9.10. The highest BCUT2D eigenvalue weighted by molar-refractivity contribution is 7.16. The van der Waals surface area contributed by atoms with Gasteiger partial charge in [0.2, 0.25) is 12.3 Å². The normalized spacial score (nSPS) is 14.2. The lowest BCUT2D eigenvalue weighted by Gasteiger charge is -2.31. The van der Waals surface area contributed by atoms with Gasteiger partial charge in [-0.15, -0.1) is 10.2 Å². The van der Waals surface area contributed by atoms with Crippen molar-refractivity contribution < 1.29 is 30.8 Å². The molecule has 4 aromatic rings. The van der Waals surface area contributed by atoms with Crippen molar-refractivity contribution in [1.82, 2.24) is 30.5 Å². The zero-order valence-electron chi connectivity index (χ0n) is 21.5. The topological polar surface area (TPSA) is 129 Å². The molecule has 5 rings (SSSR count). The minimum atomic E-state index is -4.79. The summed E-state index contributed by atoms with van der Waals surface area (Å²) in [4.78, 5) is 13.6. The SMILES string of the molecule is C=C(N[C@H](C)c1nnco1)c1sc(Nc2ncnc3c2CCN(c2ccc(C#N)c(C(F)(F)F)c2)C3)nc1C(F)(F)F. The van der Waals surface area contributed by atoms with E-state index in [0.717, 1.165) is 18.5 Å². The third-order valence-electron chi connectivity index (χ3n) is 6.33. The summed E-state index contributed by atoms with van der Waals surface area (Å²) in [5.74, 6) is 0.382. The molecule has 0 bridgehead atoms. The Labute approximate surface area is 237 Å². The molecule has 0 saturated carbocycles. The van der Waals surface area contributed by atoms with Gasteiger partial charge in [0.05, 0.1) is 34.3 Å². The molecular formula is C25H19F6N9OS. The van der Waals surface area contributed by atoms with Crippen LogP contribution in [-0.2, 0) is 25.3 Å². The Morgan fingerprint density at radius 2 is 1.98 bits per heavy atom. The van der Waals surface area contributed by atoms with Gasteiger partial charge in [0.25, 0.3) is 0 Å². The highest BCUT2D eigenvalue weighted by Crippen LogP contribution is 2.41. The number of anilines is 3. The maximum atomic E-state index is 13.9. The van der Waals surface area contributed by atoms with E-state index < -0.39 is 35.2 Å². The average Bonchev–Trinajstić information content (AvgIpc) is 3.63. The van der Waals surface area contributed by atoms with Crippen LogP contribution in [0.25, 0.3) is 5.70 Å². The molecule has 1 aliphatic heterocycles. The van der Waals surface area contributed by atoms with Crippen molar-refractivity contribution in [2.45, 2.75) is 38.3 Å². The van der Waals surface area contributed by atoms with Gasteiger partial charge in [-0.2, -0.15) is 31.6 Å². The first-order chi connectivity index (χ1) is 19.8. The quantitative estimate of drug-likeness (QED) is 0.247. The third kappa shape index (κ3) is 5.84. The van der Waals surface area contributed by atoms with Crippen molar-refractivity contribution in [2.75, 3.05) is 16.8 Å². The molecule has 1 atom stereocenters. The fourth-order valence-electron chi connectivity index (χ4n) is 4.37. The van der Waals surface area contributed by atoms with Crippen LogP contribution in [0.1, 0.15) is 51.8 Å². The summed E-state index contributed by atoms with van der Waals surface area (Å²) in [6.45, 7) is 5.73. The van der Waals surface area contributed by atoms with Gasteiger partial charge in [-0.3, -0.25) is 0 Å². The van der Waals surface area contributed by atoms with Gasteiger partial charge < -0.3 is 20.0 Å². The molecule has 2 N–H and O–H groups in total. The van der Waals surface area contributed by atoms with Crippen molar-refractivity contribution in [3.63, 3.8) is 0 Å². The Morgan fingerprint density at radius 3 is 2.64 bits per heavy atom. The molecule has 10 nitrogen and oxygen atoms in total. The summed E-state index contributed by atoms with van der Waals surface area (Å²) in [6.07, 6.45) is -6.91. The predicted octanol–water partition coefficient (Wildman–Crippen LogP) is 5.85. The fourth-order valence-corrected chi connectivity index (χ4v) is 5.29. The van der Waals surface area contributed by atoms with E-state index >= 15 is 0 Å². The molecule has 0 unspecified atom stereocenters. The van der Waals surface area contributed by atoms with Crippen LogP contribution >= 0.6 is 11.3 Å². The Balaban J connectivity index is 1.39. The molecule has 3 aromatic heterocycles. The first kappa shape index (κ1) is 28.8.